The van der Waals surface area contributed by atoms with Gasteiger partial charge in [-0.2, -0.15) is 0 Å². The highest BCUT2D eigenvalue weighted by Crippen LogP contribution is 2.28. The Kier molecular flexibility index (Phi) is 3.92. The van der Waals surface area contributed by atoms with Crippen LogP contribution in [0, 0.1) is 0 Å². The van der Waals surface area contributed by atoms with Crippen molar-refractivity contribution in [1.82, 2.24) is 9.97 Å². The van der Waals surface area contributed by atoms with Gasteiger partial charge in [0, 0.05) is 31.3 Å². The molecule has 136 valence electrons. The summed E-state index contributed by atoms with van der Waals surface area (Å²) in [6, 6.07) is 15.1. The minimum Gasteiger partial charge on any atom is -0.419 e. The van der Waals surface area contributed by atoms with Gasteiger partial charge in [-0.25, -0.2) is 14.6 Å². The Bertz CT molecular complexity index is 1030. The molecule has 0 aliphatic carbocycles. The molecule has 0 atom stereocenters. The summed E-state index contributed by atoms with van der Waals surface area (Å²) >= 11 is 0. The number of cyclic esters (lactones) is 2. The van der Waals surface area contributed by atoms with Crippen molar-refractivity contribution in [2.24, 2.45) is 0 Å². The van der Waals surface area contributed by atoms with Crippen molar-refractivity contribution in [3.8, 4) is 11.4 Å². The number of ether oxygens (including phenoxy) is 2. The summed E-state index contributed by atoms with van der Waals surface area (Å²) in [5.74, 6) is -2.06. The van der Waals surface area contributed by atoms with E-state index >= 15 is 0 Å². The minimum absolute atomic E-state index is 0.200. The van der Waals surface area contributed by atoms with Crippen molar-refractivity contribution in [2.75, 3.05) is 5.32 Å². The van der Waals surface area contributed by atoms with E-state index in [-0.39, 0.29) is 5.57 Å². The lowest BCUT2D eigenvalue weighted by atomic mass is 10.1. The number of rotatable bonds is 3. The summed E-state index contributed by atoms with van der Waals surface area (Å²) < 4.78 is 10.2. The Hall–Kier alpha value is -3.61. The number of nitrogens with zero attached hydrogens (tertiary/aromatic N) is 1. The molecule has 0 radical (unpaired) electrons. The fraction of sp³-hybridized carbons (Fsp3) is 0.150. The van der Waals surface area contributed by atoms with Crippen LogP contribution in [0.2, 0.25) is 0 Å². The molecule has 0 bridgehead atoms. The number of hydrogen-bond acceptors (Lipinski definition) is 6. The number of H-pyrrole nitrogens is 1. The molecule has 1 aliphatic heterocycles. The van der Waals surface area contributed by atoms with E-state index in [4.69, 9.17) is 9.47 Å². The highest BCUT2D eigenvalue weighted by molar-refractivity contribution is 6.15. The number of carbonyl (C=O) groups excluding carboxylic acids is 2. The number of aromatic nitrogens is 2. The molecule has 0 unspecified atom stereocenters. The molecule has 2 aromatic carbocycles. The first-order valence-corrected chi connectivity index (χ1v) is 8.40. The minimum atomic E-state index is -1.27. The highest BCUT2D eigenvalue weighted by atomic mass is 16.7. The van der Waals surface area contributed by atoms with Gasteiger partial charge in [0.25, 0.3) is 5.79 Å². The average molecular weight is 363 g/mol. The van der Waals surface area contributed by atoms with Gasteiger partial charge in [-0.05, 0) is 24.3 Å². The average Bonchev–Trinajstić information content (AvgIpc) is 3.04. The van der Waals surface area contributed by atoms with Crippen LogP contribution >= 0.6 is 0 Å². The van der Waals surface area contributed by atoms with E-state index in [1.165, 1.54) is 20.0 Å². The Morgan fingerprint density at radius 3 is 2.41 bits per heavy atom. The van der Waals surface area contributed by atoms with E-state index in [9.17, 15) is 9.59 Å². The first kappa shape index (κ1) is 16.8. The van der Waals surface area contributed by atoms with E-state index in [0.717, 1.165) is 16.6 Å². The zero-order valence-corrected chi connectivity index (χ0v) is 14.8. The summed E-state index contributed by atoms with van der Waals surface area (Å²) in [6.45, 7) is 3.01. The second-order valence-electron chi connectivity index (χ2n) is 6.53. The van der Waals surface area contributed by atoms with Crippen molar-refractivity contribution in [3.05, 3.63) is 60.3 Å². The summed E-state index contributed by atoms with van der Waals surface area (Å²) in [5.41, 5.74) is 3.04. The van der Waals surface area contributed by atoms with E-state index in [1.54, 1.807) is 0 Å². The molecule has 7 heteroatoms. The Balaban J connectivity index is 1.66. The molecule has 0 amide bonds. The number of esters is 2. The third-order valence-corrected chi connectivity index (χ3v) is 4.06. The van der Waals surface area contributed by atoms with Crippen LogP contribution in [-0.2, 0) is 19.1 Å². The van der Waals surface area contributed by atoms with Crippen molar-refractivity contribution in [1.29, 1.82) is 0 Å². The summed E-state index contributed by atoms with van der Waals surface area (Å²) in [5, 5.41) is 2.99. The third kappa shape index (κ3) is 3.27. The largest absolute Gasteiger partial charge is 0.419 e. The number of aromatic amines is 1. The third-order valence-electron chi connectivity index (χ3n) is 4.06. The van der Waals surface area contributed by atoms with Gasteiger partial charge < -0.3 is 19.8 Å². The van der Waals surface area contributed by atoms with Gasteiger partial charge in [0.1, 0.15) is 5.82 Å². The number of carbonyl (C=O) groups is 2. The standard InChI is InChI=1S/C20H17N3O4/c1-20(2)26-18(24)13(19(25)27-20)11-21-14-8-4-3-7-12(14)17-22-15-9-5-6-10-16(15)23-17/h3-11,21H,1-2H3,(H,22,23). The predicted molar refractivity (Wildman–Crippen MR) is 99.5 cm³/mol. The van der Waals surface area contributed by atoms with Crippen LogP contribution < -0.4 is 5.32 Å². The van der Waals surface area contributed by atoms with Crippen LogP contribution in [0.25, 0.3) is 22.4 Å². The Labute approximate surface area is 155 Å². The number of imidazole rings is 1. The maximum atomic E-state index is 12.1. The monoisotopic (exact) mass is 363 g/mol. The topological polar surface area (TPSA) is 93.3 Å². The van der Waals surface area contributed by atoms with Crippen LogP contribution in [0.1, 0.15) is 13.8 Å². The first-order valence-electron chi connectivity index (χ1n) is 8.40. The molecule has 1 fully saturated rings. The van der Waals surface area contributed by atoms with Crippen LogP contribution in [0.15, 0.2) is 60.3 Å². The molecule has 27 heavy (non-hydrogen) atoms. The van der Waals surface area contributed by atoms with Crippen molar-refractivity contribution < 1.29 is 19.1 Å². The lowest BCUT2D eigenvalue weighted by Gasteiger charge is -2.29. The van der Waals surface area contributed by atoms with E-state index < -0.39 is 17.7 Å². The van der Waals surface area contributed by atoms with Gasteiger partial charge in [0.05, 0.1) is 11.0 Å². The molecular formula is C20H17N3O4. The van der Waals surface area contributed by atoms with Crippen LogP contribution in [0.3, 0.4) is 0 Å². The van der Waals surface area contributed by atoms with Crippen molar-refractivity contribution in [2.45, 2.75) is 19.6 Å². The quantitative estimate of drug-likeness (QED) is 0.421. The summed E-state index contributed by atoms with van der Waals surface area (Å²) in [6.07, 6.45) is 1.29. The van der Waals surface area contributed by atoms with Gasteiger partial charge in [-0.15, -0.1) is 0 Å². The van der Waals surface area contributed by atoms with Gasteiger partial charge in [0.2, 0.25) is 0 Å². The van der Waals surface area contributed by atoms with Crippen LogP contribution in [0.4, 0.5) is 5.69 Å². The second kappa shape index (κ2) is 6.28. The number of para-hydroxylation sites is 3. The highest BCUT2D eigenvalue weighted by Gasteiger charge is 2.38. The molecule has 1 aromatic heterocycles. The molecule has 0 saturated carbocycles. The number of benzene rings is 2. The van der Waals surface area contributed by atoms with Crippen LogP contribution in [0.5, 0.6) is 0 Å². The second-order valence-corrected chi connectivity index (χ2v) is 6.53. The number of fused-ring (bicyclic) bond motifs is 1. The van der Waals surface area contributed by atoms with E-state index in [1.807, 2.05) is 48.5 Å². The zero-order chi connectivity index (χ0) is 19.0. The van der Waals surface area contributed by atoms with Crippen molar-refractivity contribution >= 4 is 28.7 Å². The van der Waals surface area contributed by atoms with Gasteiger partial charge in [0.15, 0.2) is 5.57 Å². The van der Waals surface area contributed by atoms with E-state index in [0.29, 0.717) is 11.5 Å². The maximum Gasteiger partial charge on any atom is 0.350 e. The molecule has 2 N–H and O–H groups in total. The number of hydrogen-bond donors (Lipinski definition) is 2. The van der Waals surface area contributed by atoms with Gasteiger partial charge in [-0.3, -0.25) is 0 Å². The zero-order valence-electron chi connectivity index (χ0n) is 14.8. The lowest BCUT2D eigenvalue weighted by Crippen LogP contribution is -2.42. The lowest BCUT2D eigenvalue weighted by molar-refractivity contribution is -0.222. The summed E-state index contributed by atoms with van der Waals surface area (Å²) in [7, 11) is 0. The molecule has 3 aromatic rings. The van der Waals surface area contributed by atoms with Crippen molar-refractivity contribution in [3.63, 3.8) is 0 Å². The van der Waals surface area contributed by atoms with Gasteiger partial charge >= 0.3 is 11.9 Å². The Morgan fingerprint density at radius 1 is 1.00 bits per heavy atom. The fourth-order valence-corrected chi connectivity index (χ4v) is 2.82. The van der Waals surface area contributed by atoms with E-state index in [2.05, 4.69) is 15.3 Å². The predicted octanol–water partition coefficient (Wildman–Crippen LogP) is 3.36. The molecule has 1 aliphatic rings. The summed E-state index contributed by atoms with van der Waals surface area (Å²) in [4.78, 5) is 32.0. The smallest absolute Gasteiger partial charge is 0.350 e. The molecule has 4 rings (SSSR count). The van der Waals surface area contributed by atoms with Crippen LogP contribution in [-0.4, -0.2) is 27.7 Å². The maximum absolute atomic E-state index is 12.1. The molecule has 7 nitrogen and oxygen atoms in total. The fourth-order valence-electron chi connectivity index (χ4n) is 2.82. The Morgan fingerprint density at radius 2 is 1.67 bits per heavy atom. The number of anilines is 1. The van der Waals surface area contributed by atoms with Gasteiger partial charge in [-0.1, -0.05) is 24.3 Å². The normalized spacial score (nSPS) is 16.0. The SMILES string of the molecule is CC1(C)OC(=O)C(=CNc2ccccc2-c2nc3ccccc3[nH]2)C(=O)O1. The molecule has 2 heterocycles. The molecular weight excluding hydrogens is 346 g/mol. The first-order chi connectivity index (χ1) is 12.9. The number of nitrogens with one attached hydrogen (secondary N) is 2. The molecule has 1 saturated heterocycles. The molecule has 0 spiro atoms.